The number of fused-ring (bicyclic) bond motifs is 1. The van der Waals surface area contributed by atoms with Crippen molar-refractivity contribution in [2.45, 2.75) is 0 Å². The Hall–Kier alpha value is -1.90. The molecular weight excluding hydrogens is 400 g/mol. The molecule has 1 N–H and O–H groups in total. The number of aromatic nitrogens is 1. The minimum absolute atomic E-state index is 0.207. The van der Waals surface area contributed by atoms with Gasteiger partial charge in [-0.1, -0.05) is 0 Å². The van der Waals surface area contributed by atoms with Crippen molar-refractivity contribution >= 4 is 50.2 Å². The Morgan fingerprint density at radius 2 is 2.04 bits per heavy atom. The number of amides is 1. The van der Waals surface area contributed by atoms with E-state index < -0.39 is 0 Å². The second-order valence-electron chi connectivity index (χ2n) is 4.69. The molecule has 0 atom stereocenters. The Balaban J connectivity index is 1.52. The molecule has 0 saturated heterocycles. The van der Waals surface area contributed by atoms with Crippen LogP contribution in [-0.4, -0.2) is 17.7 Å². The second-order valence-corrected chi connectivity index (χ2v) is 7.37. The lowest BCUT2D eigenvalue weighted by atomic mass is 10.2. The molecule has 8 heteroatoms. The molecule has 0 bridgehead atoms. The number of ether oxygens (including phenoxy) is 2. The Bertz CT molecular complexity index is 890. The molecule has 3 aromatic rings. The lowest BCUT2D eigenvalue weighted by molar-refractivity contribution is 0.102. The van der Waals surface area contributed by atoms with Crippen LogP contribution < -0.4 is 14.8 Å². The van der Waals surface area contributed by atoms with E-state index >= 15 is 0 Å². The highest BCUT2D eigenvalue weighted by Gasteiger charge is 2.16. The monoisotopic (exact) mass is 408 g/mol. The number of carbonyl (C=O) groups excluding carboxylic acids is 1. The van der Waals surface area contributed by atoms with Gasteiger partial charge in [0.2, 0.25) is 6.79 Å². The number of hydrogen-bond acceptors (Lipinski definition) is 6. The molecule has 3 heterocycles. The molecular formula is C15H9BrN2O3S2. The van der Waals surface area contributed by atoms with Crippen LogP contribution in [0.2, 0.25) is 0 Å². The van der Waals surface area contributed by atoms with Gasteiger partial charge in [0.15, 0.2) is 11.5 Å². The van der Waals surface area contributed by atoms with E-state index in [0.29, 0.717) is 22.9 Å². The predicted molar refractivity (Wildman–Crippen MR) is 93.6 cm³/mol. The molecule has 2 aromatic heterocycles. The van der Waals surface area contributed by atoms with Gasteiger partial charge in [0.1, 0.15) is 10.7 Å². The van der Waals surface area contributed by atoms with Crippen molar-refractivity contribution in [1.82, 2.24) is 4.98 Å². The minimum Gasteiger partial charge on any atom is -0.454 e. The summed E-state index contributed by atoms with van der Waals surface area (Å²) in [4.78, 5) is 17.8. The zero-order valence-corrected chi connectivity index (χ0v) is 14.8. The number of thiazole rings is 1. The Morgan fingerprint density at radius 1 is 1.17 bits per heavy atom. The van der Waals surface area contributed by atoms with Gasteiger partial charge in [-0.3, -0.25) is 4.79 Å². The number of thiophene rings is 1. The highest BCUT2D eigenvalue weighted by atomic mass is 79.9. The van der Waals surface area contributed by atoms with E-state index in [1.54, 1.807) is 34.9 Å². The molecule has 0 unspecified atom stereocenters. The topological polar surface area (TPSA) is 60.5 Å². The van der Waals surface area contributed by atoms with Gasteiger partial charge in [0.25, 0.3) is 5.91 Å². The predicted octanol–water partition coefficient (Wildman–Crippen LogP) is 4.62. The average Bonchev–Trinajstić information content (AvgIpc) is 3.26. The van der Waals surface area contributed by atoms with Crippen LogP contribution in [-0.2, 0) is 0 Å². The molecule has 1 aromatic carbocycles. The molecule has 0 spiro atoms. The van der Waals surface area contributed by atoms with Gasteiger partial charge >= 0.3 is 0 Å². The van der Waals surface area contributed by atoms with E-state index in [1.165, 1.54) is 11.3 Å². The first-order chi connectivity index (χ1) is 11.2. The Morgan fingerprint density at radius 3 is 2.87 bits per heavy atom. The summed E-state index contributed by atoms with van der Waals surface area (Å²) in [5.74, 6) is 1.06. The fourth-order valence-corrected chi connectivity index (χ4v) is 4.39. The fourth-order valence-electron chi connectivity index (χ4n) is 2.09. The molecule has 0 fully saturated rings. The van der Waals surface area contributed by atoms with Crippen molar-refractivity contribution in [3.63, 3.8) is 0 Å². The standard InChI is InChI=1S/C15H9BrN2O3S2/c16-8-3-13(22-5-8)15-18-10(6-23-15)14(19)17-9-1-2-11-12(4-9)21-7-20-11/h1-6H,7H2,(H,17,19). The van der Waals surface area contributed by atoms with Gasteiger partial charge in [-0.25, -0.2) is 4.98 Å². The van der Waals surface area contributed by atoms with Gasteiger partial charge in [0, 0.05) is 27.0 Å². The third-order valence-electron chi connectivity index (χ3n) is 3.15. The molecule has 1 amide bonds. The largest absolute Gasteiger partial charge is 0.454 e. The van der Waals surface area contributed by atoms with Gasteiger partial charge < -0.3 is 14.8 Å². The number of benzene rings is 1. The number of anilines is 1. The number of rotatable bonds is 3. The van der Waals surface area contributed by atoms with E-state index in [4.69, 9.17) is 9.47 Å². The quantitative estimate of drug-likeness (QED) is 0.686. The van der Waals surface area contributed by atoms with E-state index in [-0.39, 0.29) is 12.7 Å². The van der Waals surface area contributed by atoms with Crippen molar-refractivity contribution in [2.75, 3.05) is 12.1 Å². The van der Waals surface area contributed by atoms with Crippen LogP contribution >= 0.6 is 38.6 Å². The first-order valence-electron chi connectivity index (χ1n) is 6.60. The van der Waals surface area contributed by atoms with E-state index in [1.807, 2.05) is 11.4 Å². The maximum atomic E-state index is 12.3. The van der Waals surface area contributed by atoms with Crippen LogP contribution in [0.3, 0.4) is 0 Å². The lowest BCUT2D eigenvalue weighted by Gasteiger charge is -2.04. The first-order valence-corrected chi connectivity index (χ1v) is 9.15. The number of halogens is 1. The molecule has 4 rings (SSSR count). The Kier molecular flexibility index (Phi) is 3.80. The summed E-state index contributed by atoms with van der Waals surface area (Å²) >= 11 is 6.45. The summed E-state index contributed by atoms with van der Waals surface area (Å²) in [7, 11) is 0. The SMILES string of the molecule is O=C(Nc1ccc2c(c1)OCO2)c1csc(-c2cc(Br)cs2)n1. The number of nitrogens with zero attached hydrogens (tertiary/aromatic N) is 1. The van der Waals surface area contributed by atoms with Gasteiger partial charge in [-0.05, 0) is 34.1 Å². The normalized spacial score (nSPS) is 12.4. The van der Waals surface area contributed by atoms with Gasteiger partial charge in [0.05, 0.1) is 4.88 Å². The molecule has 116 valence electrons. The third-order valence-corrected chi connectivity index (χ3v) is 5.85. The summed E-state index contributed by atoms with van der Waals surface area (Å²) in [5, 5.41) is 7.40. The molecule has 5 nitrogen and oxygen atoms in total. The Labute approximate surface area is 148 Å². The van der Waals surface area contributed by atoms with Crippen LogP contribution in [0.25, 0.3) is 9.88 Å². The second kappa shape index (κ2) is 5.95. The van der Waals surface area contributed by atoms with E-state index in [0.717, 1.165) is 14.4 Å². The molecule has 0 saturated carbocycles. The van der Waals surface area contributed by atoms with Crippen LogP contribution in [0.4, 0.5) is 5.69 Å². The lowest BCUT2D eigenvalue weighted by Crippen LogP contribution is -2.12. The van der Waals surface area contributed by atoms with Crippen molar-refractivity contribution in [2.24, 2.45) is 0 Å². The highest BCUT2D eigenvalue weighted by molar-refractivity contribution is 9.10. The molecule has 0 radical (unpaired) electrons. The van der Waals surface area contributed by atoms with Gasteiger partial charge in [-0.15, -0.1) is 22.7 Å². The van der Waals surface area contributed by atoms with Crippen molar-refractivity contribution in [1.29, 1.82) is 0 Å². The van der Waals surface area contributed by atoms with Crippen molar-refractivity contribution < 1.29 is 14.3 Å². The van der Waals surface area contributed by atoms with Crippen LogP contribution in [0.15, 0.2) is 39.5 Å². The smallest absolute Gasteiger partial charge is 0.275 e. The van der Waals surface area contributed by atoms with Crippen molar-refractivity contribution in [3.8, 4) is 21.4 Å². The van der Waals surface area contributed by atoms with Crippen LogP contribution in [0.1, 0.15) is 10.5 Å². The summed E-state index contributed by atoms with van der Waals surface area (Å²) in [6.07, 6.45) is 0. The molecule has 23 heavy (non-hydrogen) atoms. The van der Waals surface area contributed by atoms with Crippen LogP contribution in [0, 0.1) is 0 Å². The third kappa shape index (κ3) is 2.97. The summed E-state index contributed by atoms with van der Waals surface area (Å²) in [6.45, 7) is 0.207. The zero-order chi connectivity index (χ0) is 15.8. The van der Waals surface area contributed by atoms with Crippen molar-refractivity contribution in [3.05, 3.63) is 45.2 Å². The number of hydrogen-bond donors (Lipinski definition) is 1. The first kappa shape index (κ1) is 14.7. The van der Waals surface area contributed by atoms with E-state index in [2.05, 4.69) is 26.2 Å². The summed E-state index contributed by atoms with van der Waals surface area (Å²) in [5.41, 5.74) is 1.04. The molecule has 0 aliphatic carbocycles. The van der Waals surface area contributed by atoms with Crippen LogP contribution in [0.5, 0.6) is 11.5 Å². The van der Waals surface area contributed by atoms with Gasteiger partial charge in [-0.2, -0.15) is 0 Å². The number of carbonyl (C=O) groups is 1. The summed E-state index contributed by atoms with van der Waals surface area (Å²) < 4.78 is 11.6. The molecule has 1 aliphatic heterocycles. The fraction of sp³-hybridized carbons (Fsp3) is 0.0667. The number of nitrogens with one attached hydrogen (secondary N) is 1. The average molecular weight is 409 g/mol. The zero-order valence-electron chi connectivity index (χ0n) is 11.5. The highest BCUT2D eigenvalue weighted by Crippen LogP contribution is 2.35. The maximum Gasteiger partial charge on any atom is 0.275 e. The minimum atomic E-state index is -0.248. The maximum absolute atomic E-state index is 12.3. The molecule has 1 aliphatic rings. The van der Waals surface area contributed by atoms with E-state index in [9.17, 15) is 4.79 Å². The summed E-state index contributed by atoms with van der Waals surface area (Å²) in [6, 6.07) is 7.27.